The van der Waals surface area contributed by atoms with E-state index >= 15 is 0 Å². The van der Waals surface area contributed by atoms with Gasteiger partial charge >= 0.3 is 0 Å². The lowest BCUT2D eigenvalue weighted by atomic mass is 10.1. The summed E-state index contributed by atoms with van der Waals surface area (Å²) in [6.45, 7) is 2.01. The van der Waals surface area contributed by atoms with E-state index in [4.69, 9.17) is 4.74 Å². The van der Waals surface area contributed by atoms with Crippen molar-refractivity contribution in [2.24, 2.45) is 0 Å². The molecule has 34 heavy (non-hydrogen) atoms. The molecular weight excluding hydrogens is 454 g/mol. The Morgan fingerprint density at radius 1 is 1.06 bits per heavy atom. The fourth-order valence-electron chi connectivity index (χ4n) is 3.29. The highest BCUT2D eigenvalue weighted by Gasteiger charge is 2.20. The number of hydrogen-bond donors (Lipinski definition) is 1. The molecule has 4 aromatic rings. The number of para-hydroxylation sites is 1. The maximum Gasteiger partial charge on any atom is 0.269 e. The van der Waals surface area contributed by atoms with Crippen LogP contribution in [0.3, 0.4) is 0 Å². The second kappa shape index (κ2) is 10.2. The van der Waals surface area contributed by atoms with E-state index in [1.165, 1.54) is 36.0 Å². The Morgan fingerprint density at radius 3 is 2.44 bits per heavy atom. The molecular formula is C24H21N5O4S. The molecule has 0 aliphatic rings. The molecule has 0 atom stereocenters. The number of nitrogens with zero attached hydrogens (tertiary/aromatic N) is 4. The van der Waals surface area contributed by atoms with E-state index in [1.54, 1.807) is 7.11 Å². The summed E-state index contributed by atoms with van der Waals surface area (Å²) in [4.78, 5) is 22.8. The number of nitro benzene ring substituents is 1. The quantitative estimate of drug-likeness (QED) is 0.219. The molecule has 0 unspecified atom stereocenters. The van der Waals surface area contributed by atoms with Gasteiger partial charge in [-0.15, -0.1) is 10.2 Å². The van der Waals surface area contributed by atoms with Crippen LogP contribution in [0.15, 0.2) is 78.0 Å². The predicted octanol–water partition coefficient (Wildman–Crippen LogP) is 4.89. The van der Waals surface area contributed by atoms with E-state index in [1.807, 2.05) is 60.0 Å². The maximum atomic E-state index is 12.5. The maximum absolute atomic E-state index is 12.5. The highest BCUT2D eigenvalue weighted by molar-refractivity contribution is 7.99. The number of carbonyl (C=O) groups is 1. The van der Waals surface area contributed by atoms with E-state index < -0.39 is 4.92 Å². The number of anilines is 1. The normalized spacial score (nSPS) is 10.6. The van der Waals surface area contributed by atoms with Gasteiger partial charge in [-0.1, -0.05) is 41.6 Å². The Morgan fingerprint density at radius 2 is 1.76 bits per heavy atom. The van der Waals surface area contributed by atoms with E-state index in [0.717, 1.165) is 16.8 Å². The van der Waals surface area contributed by atoms with Crippen LogP contribution in [-0.2, 0) is 4.79 Å². The van der Waals surface area contributed by atoms with Crippen molar-refractivity contribution in [3.8, 4) is 22.8 Å². The zero-order chi connectivity index (χ0) is 24.1. The third-order valence-corrected chi connectivity index (χ3v) is 5.90. The van der Waals surface area contributed by atoms with Crippen LogP contribution in [0, 0.1) is 17.0 Å². The van der Waals surface area contributed by atoms with Gasteiger partial charge in [0.1, 0.15) is 5.75 Å². The zero-order valence-corrected chi connectivity index (χ0v) is 19.3. The molecule has 1 amide bonds. The van der Waals surface area contributed by atoms with Gasteiger partial charge in [0.15, 0.2) is 11.0 Å². The van der Waals surface area contributed by atoms with Gasteiger partial charge in [-0.05, 0) is 43.3 Å². The minimum atomic E-state index is -0.487. The summed E-state index contributed by atoms with van der Waals surface area (Å²) in [5.41, 5.74) is 3.19. The zero-order valence-electron chi connectivity index (χ0n) is 18.5. The second-order valence-corrected chi connectivity index (χ2v) is 8.26. The molecule has 3 aromatic carbocycles. The SMILES string of the molecule is COc1ccccc1-c1nnc(SCC(=O)Nc2ccc([N+](=O)[O-])cc2)n1-c1ccc(C)cc1. The first-order valence-corrected chi connectivity index (χ1v) is 11.3. The smallest absolute Gasteiger partial charge is 0.269 e. The van der Waals surface area contributed by atoms with Gasteiger partial charge < -0.3 is 10.1 Å². The summed E-state index contributed by atoms with van der Waals surface area (Å²) >= 11 is 1.24. The summed E-state index contributed by atoms with van der Waals surface area (Å²) in [6, 6.07) is 21.2. The summed E-state index contributed by atoms with van der Waals surface area (Å²) in [5.74, 6) is 1.07. The van der Waals surface area contributed by atoms with Gasteiger partial charge in [-0.2, -0.15) is 0 Å². The van der Waals surface area contributed by atoms with E-state index in [-0.39, 0.29) is 17.3 Å². The van der Waals surface area contributed by atoms with Crippen LogP contribution >= 0.6 is 11.8 Å². The number of methoxy groups -OCH3 is 1. The van der Waals surface area contributed by atoms with Gasteiger partial charge in [-0.3, -0.25) is 19.5 Å². The highest BCUT2D eigenvalue weighted by Crippen LogP contribution is 2.33. The van der Waals surface area contributed by atoms with Crippen molar-refractivity contribution in [2.45, 2.75) is 12.1 Å². The van der Waals surface area contributed by atoms with Gasteiger partial charge in [0.05, 0.1) is 23.3 Å². The molecule has 0 aliphatic heterocycles. The molecule has 0 spiro atoms. The Bertz CT molecular complexity index is 1320. The van der Waals surface area contributed by atoms with Crippen molar-refractivity contribution < 1.29 is 14.5 Å². The van der Waals surface area contributed by atoms with Gasteiger partial charge in [0.25, 0.3) is 5.69 Å². The summed E-state index contributed by atoms with van der Waals surface area (Å²) in [6.07, 6.45) is 0. The lowest BCUT2D eigenvalue weighted by molar-refractivity contribution is -0.384. The first kappa shape index (κ1) is 23.0. The van der Waals surface area contributed by atoms with Crippen molar-refractivity contribution in [2.75, 3.05) is 18.2 Å². The Labute approximate surface area is 199 Å². The molecule has 172 valence electrons. The highest BCUT2D eigenvalue weighted by atomic mass is 32.2. The van der Waals surface area contributed by atoms with Crippen LogP contribution in [0.5, 0.6) is 5.75 Å². The number of rotatable bonds is 8. The number of nitro groups is 1. The standard InChI is InChI=1S/C24H21N5O4S/c1-16-7-11-18(12-8-16)28-23(20-5-3-4-6-21(20)33-2)26-27-24(28)34-15-22(30)25-17-9-13-19(14-10-17)29(31)32/h3-14H,15H2,1-2H3,(H,25,30). The largest absolute Gasteiger partial charge is 0.496 e. The fourth-order valence-corrected chi connectivity index (χ4v) is 4.04. The molecule has 0 radical (unpaired) electrons. The lowest BCUT2D eigenvalue weighted by Crippen LogP contribution is -2.14. The van der Waals surface area contributed by atoms with Gasteiger partial charge in [-0.25, -0.2) is 0 Å². The van der Waals surface area contributed by atoms with E-state index in [2.05, 4.69) is 15.5 Å². The number of aromatic nitrogens is 3. The number of nitrogens with one attached hydrogen (secondary N) is 1. The first-order valence-electron chi connectivity index (χ1n) is 10.3. The molecule has 4 rings (SSSR count). The number of aryl methyl sites for hydroxylation is 1. The number of thioether (sulfide) groups is 1. The van der Waals surface area contributed by atoms with Crippen LogP contribution < -0.4 is 10.1 Å². The number of amides is 1. The predicted molar refractivity (Wildman–Crippen MR) is 131 cm³/mol. The molecule has 1 heterocycles. The van der Waals surface area contributed by atoms with Crippen molar-refractivity contribution in [3.05, 3.63) is 88.5 Å². The number of hydrogen-bond acceptors (Lipinski definition) is 7. The molecule has 0 aliphatic carbocycles. The third kappa shape index (κ3) is 5.07. The van der Waals surface area contributed by atoms with Crippen molar-refractivity contribution >= 4 is 29.0 Å². The average Bonchev–Trinajstić information content (AvgIpc) is 3.27. The minimum absolute atomic E-state index is 0.0394. The van der Waals surface area contributed by atoms with E-state index in [0.29, 0.717) is 22.4 Å². The Balaban J connectivity index is 1.59. The number of benzene rings is 3. The molecule has 0 saturated carbocycles. The van der Waals surface area contributed by atoms with Crippen LogP contribution in [0.4, 0.5) is 11.4 Å². The molecule has 1 aromatic heterocycles. The molecule has 0 bridgehead atoms. The monoisotopic (exact) mass is 475 g/mol. The molecule has 0 saturated heterocycles. The second-order valence-electron chi connectivity index (χ2n) is 7.32. The summed E-state index contributed by atoms with van der Waals surface area (Å²) in [5, 5.41) is 22.8. The van der Waals surface area contributed by atoms with Gasteiger partial charge in [0, 0.05) is 23.5 Å². The van der Waals surface area contributed by atoms with Crippen LogP contribution in [0.2, 0.25) is 0 Å². The molecule has 10 heteroatoms. The van der Waals surface area contributed by atoms with Crippen LogP contribution in [0.25, 0.3) is 17.1 Å². The average molecular weight is 476 g/mol. The summed E-state index contributed by atoms with van der Waals surface area (Å²) < 4.78 is 7.40. The molecule has 0 fully saturated rings. The first-order chi connectivity index (χ1) is 16.5. The minimum Gasteiger partial charge on any atom is -0.496 e. The van der Waals surface area contributed by atoms with Crippen molar-refractivity contribution in [1.29, 1.82) is 0 Å². The number of non-ortho nitro benzene ring substituents is 1. The fraction of sp³-hybridized carbons (Fsp3) is 0.125. The summed E-state index contributed by atoms with van der Waals surface area (Å²) in [7, 11) is 1.60. The van der Waals surface area contributed by atoms with E-state index in [9.17, 15) is 14.9 Å². The Hall–Kier alpha value is -4.18. The van der Waals surface area contributed by atoms with Crippen molar-refractivity contribution in [1.82, 2.24) is 14.8 Å². The number of carbonyl (C=O) groups excluding carboxylic acids is 1. The molecule has 1 N–H and O–H groups in total. The lowest BCUT2D eigenvalue weighted by Gasteiger charge is -2.13. The van der Waals surface area contributed by atoms with Crippen LogP contribution in [0.1, 0.15) is 5.56 Å². The number of ether oxygens (including phenoxy) is 1. The van der Waals surface area contributed by atoms with Gasteiger partial charge in [0.2, 0.25) is 5.91 Å². The third-order valence-electron chi connectivity index (χ3n) is 4.97. The Kier molecular flexibility index (Phi) is 6.88. The van der Waals surface area contributed by atoms with Crippen LogP contribution in [-0.4, -0.2) is 38.5 Å². The van der Waals surface area contributed by atoms with Crippen molar-refractivity contribution in [3.63, 3.8) is 0 Å². The molecule has 9 nitrogen and oxygen atoms in total. The topological polar surface area (TPSA) is 112 Å².